The molecule has 1 aliphatic rings. The first-order valence-corrected chi connectivity index (χ1v) is 7.42. The fourth-order valence-electron chi connectivity index (χ4n) is 2.46. The number of thiophene rings is 1. The quantitative estimate of drug-likeness (QED) is 0.910. The molecule has 94 valence electrons. The maximum atomic E-state index is 3.49. The second-order valence-corrected chi connectivity index (χ2v) is 5.45. The summed E-state index contributed by atoms with van der Waals surface area (Å²) in [6.07, 6.45) is 1.14. The van der Waals surface area contributed by atoms with Crippen LogP contribution in [0.3, 0.4) is 0 Å². The normalized spacial score (nSPS) is 15.2. The molecule has 1 aliphatic heterocycles. The monoisotopic (exact) mass is 258 g/mol. The van der Waals surface area contributed by atoms with Gasteiger partial charge >= 0.3 is 0 Å². The van der Waals surface area contributed by atoms with Gasteiger partial charge in [0.05, 0.1) is 0 Å². The summed E-state index contributed by atoms with van der Waals surface area (Å²) in [6.45, 7) is 4.26. The average Bonchev–Trinajstić information content (AvgIpc) is 2.84. The van der Waals surface area contributed by atoms with Gasteiger partial charge in [0.25, 0.3) is 0 Å². The number of benzene rings is 1. The molecule has 2 aromatic rings. The molecule has 2 nitrogen and oxygen atoms in total. The summed E-state index contributed by atoms with van der Waals surface area (Å²) in [7, 11) is 0. The standard InChI is InChI=1S/C15H18N2S/c1-2-4-15-14(3-1)11-16-7-9-17(15)8-5-13-6-10-18-12-13/h1-4,6,10,12,16H,5,7-9,11H2. The van der Waals surface area contributed by atoms with Crippen LogP contribution in [0.5, 0.6) is 0 Å². The van der Waals surface area contributed by atoms with Gasteiger partial charge in [0.1, 0.15) is 0 Å². The zero-order chi connectivity index (χ0) is 12.2. The van der Waals surface area contributed by atoms with Crippen LogP contribution in [0.1, 0.15) is 11.1 Å². The van der Waals surface area contributed by atoms with Crippen LogP contribution in [0, 0.1) is 0 Å². The van der Waals surface area contributed by atoms with E-state index in [-0.39, 0.29) is 0 Å². The Morgan fingerprint density at radius 1 is 1.22 bits per heavy atom. The van der Waals surface area contributed by atoms with Gasteiger partial charge in [-0.15, -0.1) is 0 Å². The fraction of sp³-hybridized carbons (Fsp3) is 0.333. The van der Waals surface area contributed by atoms with Crippen molar-refractivity contribution in [3.05, 3.63) is 52.2 Å². The first kappa shape index (κ1) is 11.8. The number of hydrogen-bond acceptors (Lipinski definition) is 3. The number of hydrogen-bond donors (Lipinski definition) is 1. The van der Waals surface area contributed by atoms with Crippen LogP contribution < -0.4 is 10.2 Å². The summed E-state index contributed by atoms with van der Waals surface area (Å²) in [6, 6.07) is 11.0. The third-order valence-corrected chi connectivity index (χ3v) is 4.19. The summed E-state index contributed by atoms with van der Waals surface area (Å²) in [5, 5.41) is 7.90. The van der Waals surface area contributed by atoms with Crippen LogP contribution in [-0.2, 0) is 13.0 Å². The van der Waals surface area contributed by atoms with E-state index in [0.29, 0.717) is 0 Å². The van der Waals surface area contributed by atoms with Gasteiger partial charge in [0.15, 0.2) is 0 Å². The Morgan fingerprint density at radius 3 is 3.06 bits per heavy atom. The lowest BCUT2D eigenvalue weighted by atomic mass is 10.1. The molecule has 0 bridgehead atoms. The Hall–Kier alpha value is -1.32. The van der Waals surface area contributed by atoms with Crippen molar-refractivity contribution in [1.82, 2.24) is 5.32 Å². The van der Waals surface area contributed by atoms with E-state index in [1.807, 2.05) is 0 Å². The SMILES string of the molecule is c1ccc2c(c1)CNCCN2CCc1ccsc1. The largest absolute Gasteiger partial charge is 0.370 e. The topological polar surface area (TPSA) is 15.3 Å². The van der Waals surface area contributed by atoms with E-state index in [1.54, 1.807) is 11.3 Å². The second kappa shape index (κ2) is 5.55. The minimum Gasteiger partial charge on any atom is -0.370 e. The van der Waals surface area contributed by atoms with E-state index in [4.69, 9.17) is 0 Å². The molecule has 3 heteroatoms. The molecule has 1 N–H and O–H groups in total. The van der Waals surface area contributed by atoms with Crippen molar-refractivity contribution in [3.8, 4) is 0 Å². The van der Waals surface area contributed by atoms with Gasteiger partial charge in [-0.25, -0.2) is 0 Å². The number of fused-ring (bicyclic) bond motifs is 1. The Morgan fingerprint density at radius 2 is 2.17 bits per heavy atom. The van der Waals surface area contributed by atoms with Crippen LogP contribution >= 0.6 is 11.3 Å². The fourth-order valence-corrected chi connectivity index (χ4v) is 3.16. The van der Waals surface area contributed by atoms with Crippen molar-refractivity contribution in [2.45, 2.75) is 13.0 Å². The minimum atomic E-state index is 0.991. The van der Waals surface area contributed by atoms with Crippen molar-refractivity contribution in [1.29, 1.82) is 0 Å². The molecule has 18 heavy (non-hydrogen) atoms. The highest BCUT2D eigenvalue weighted by molar-refractivity contribution is 7.07. The summed E-state index contributed by atoms with van der Waals surface area (Å²) >= 11 is 1.79. The Bertz CT molecular complexity index is 493. The number of nitrogens with zero attached hydrogens (tertiary/aromatic N) is 1. The highest BCUT2D eigenvalue weighted by atomic mass is 32.1. The van der Waals surface area contributed by atoms with Gasteiger partial charge in [0.2, 0.25) is 0 Å². The van der Waals surface area contributed by atoms with Crippen molar-refractivity contribution in [2.75, 3.05) is 24.5 Å². The van der Waals surface area contributed by atoms with E-state index in [9.17, 15) is 0 Å². The molecule has 0 atom stereocenters. The Balaban J connectivity index is 1.75. The molecule has 1 aromatic heterocycles. The van der Waals surface area contributed by atoms with Gasteiger partial charge < -0.3 is 10.2 Å². The van der Waals surface area contributed by atoms with Crippen LogP contribution in [0.4, 0.5) is 5.69 Å². The first-order chi connectivity index (χ1) is 8.93. The highest BCUT2D eigenvalue weighted by Gasteiger charge is 2.13. The molecule has 0 aliphatic carbocycles. The number of rotatable bonds is 3. The molecule has 0 fully saturated rings. The summed E-state index contributed by atoms with van der Waals surface area (Å²) < 4.78 is 0. The molecule has 1 aromatic carbocycles. The maximum Gasteiger partial charge on any atom is 0.0412 e. The number of para-hydroxylation sites is 1. The molecule has 0 unspecified atom stereocenters. The van der Waals surface area contributed by atoms with Crippen molar-refractivity contribution in [2.24, 2.45) is 0 Å². The van der Waals surface area contributed by atoms with Crippen LogP contribution in [-0.4, -0.2) is 19.6 Å². The van der Waals surface area contributed by atoms with E-state index in [2.05, 4.69) is 51.3 Å². The minimum absolute atomic E-state index is 0.991. The Labute approximate surface area is 112 Å². The predicted octanol–water partition coefficient (Wildman–Crippen LogP) is 2.90. The molecule has 0 saturated carbocycles. The van der Waals surface area contributed by atoms with Crippen molar-refractivity contribution >= 4 is 17.0 Å². The van der Waals surface area contributed by atoms with E-state index in [1.165, 1.54) is 16.8 Å². The molecule has 2 heterocycles. The van der Waals surface area contributed by atoms with E-state index >= 15 is 0 Å². The van der Waals surface area contributed by atoms with Crippen LogP contribution in [0.25, 0.3) is 0 Å². The molecule has 3 rings (SSSR count). The van der Waals surface area contributed by atoms with Gasteiger partial charge in [-0.2, -0.15) is 11.3 Å². The van der Waals surface area contributed by atoms with Gasteiger partial charge in [-0.3, -0.25) is 0 Å². The van der Waals surface area contributed by atoms with Crippen molar-refractivity contribution in [3.63, 3.8) is 0 Å². The Kier molecular flexibility index (Phi) is 3.62. The molecule has 0 radical (unpaired) electrons. The first-order valence-electron chi connectivity index (χ1n) is 6.48. The van der Waals surface area contributed by atoms with Crippen LogP contribution in [0.15, 0.2) is 41.1 Å². The molecule has 0 amide bonds. The van der Waals surface area contributed by atoms with Gasteiger partial charge in [0, 0.05) is 31.9 Å². The maximum absolute atomic E-state index is 3.49. The van der Waals surface area contributed by atoms with Crippen molar-refractivity contribution < 1.29 is 0 Å². The summed E-state index contributed by atoms with van der Waals surface area (Å²) in [4.78, 5) is 2.51. The average molecular weight is 258 g/mol. The zero-order valence-electron chi connectivity index (χ0n) is 10.4. The molecule has 0 spiro atoms. The lowest BCUT2D eigenvalue weighted by Gasteiger charge is -2.24. The third kappa shape index (κ3) is 2.57. The zero-order valence-corrected chi connectivity index (χ0v) is 11.2. The lowest BCUT2D eigenvalue weighted by Crippen LogP contribution is -2.30. The molecular formula is C15H18N2S. The number of anilines is 1. The molecule has 0 saturated heterocycles. The highest BCUT2D eigenvalue weighted by Crippen LogP contribution is 2.22. The predicted molar refractivity (Wildman–Crippen MR) is 78.4 cm³/mol. The van der Waals surface area contributed by atoms with Gasteiger partial charge in [-0.1, -0.05) is 18.2 Å². The third-order valence-electron chi connectivity index (χ3n) is 3.46. The summed E-state index contributed by atoms with van der Waals surface area (Å²) in [5.74, 6) is 0. The van der Waals surface area contributed by atoms with Crippen LogP contribution in [0.2, 0.25) is 0 Å². The number of nitrogens with one attached hydrogen (secondary N) is 1. The van der Waals surface area contributed by atoms with E-state index < -0.39 is 0 Å². The van der Waals surface area contributed by atoms with E-state index in [0.717, 1.165) is 32.6 Å². The smallest absolute Gasteiger partial charge is 0.0412 e. The summed E-state index contributed by atoms with van der Waals surface area (Å²) in [5.41, 5.74) is 4.27. The lowest BCUT2D eigenvalue weighted by molar-refractivity contribution is 0.687. The van der Waals surface area contributed by atoms with Gasteiger partial charge in [-0.05, 0) is 40.4 Å². The second-order valence-electron chi connectivity index (χ2n) is 4.67. The molecular weight excluding hydrogens is 240 g/mol.